The van der Waals surface area contributed by atoms with Crippen molar-refractivity contribution >= 4 is 17.7 Å². The van der Waals surface area contributed by atoms with Gasteiger partial charge in [-0.15, -0.1) is 0 Å². The number of alkyl carbamates (subject to hydrolysis) is 1. The van der Waals surface area contributed by atoms with Crippen molar-refractivity contribution in [2.75, 3.05) is 13.1 Å². The van der Waals surface area contributed by atoms with E-state index in [0.717, 1.165) is 11.1 Å². The van der Waals surface area contributed by atoms with E-state index < -0.39 is 11.7 Å². The fourth-order valence-electron chi connectivity index (χ4n) is 2.54. The Balaban J connectivity index is 2.00. The highest BCUT2D eigenvalue weighted by molar-refractivity contribution is 6.30. The standard InChI is InChI=1S/C21H27ClN2O2/c1-15-5-7-16(8-6-15)19(17-9-11-18(22)12-10-17)23-13-14-24-20(25)26-21(2,3)4/h5-12,19,23H,13-14H2,1-4H3,(H,24,25). The Labute approximate surface area is 160 Å². The first-order chi connectivity index (χ1) is 12.2. The molecule has 1 atom stereocenters. The van der Waals surface area contributed by atoms with Crippen molar-refractivity contribution in [1.29, 1.82) is 0 Å². The minimum Gasteiger partial charge on any atom is -0.444 e. The Morgan fingerprint density at radius 2 is 1.54 bits per heavy atom. The summed E-state index contributed by atoms with van der Waals surface area (Å²) in [4.78, 5) is 11.7. The number of carbonyl (C=O) groups is 1. The van der Waals surface area contributed by atoms with E-state index in [1.54, 1.807) is 0 Å². The van der Waals surface area contributed by atoms with Crippen LogP contribution in [0.15, 0.2) is 48.5 Å². The quantitative estimate of drug-likeness (QED) is 0.710. The maximum Gasteiger partial charge on any atom is 0.407 e. The first-order valence-electron chi connectivity index (χ1n) is 8.77. The van der Waals surface area contributed by atoms with Crippen LogP contribution in [0.4, 0.5) is 4.79 Å². The summed E-state index contributed by atoms with van der Waals surface area (Å²) in [5.74, 6) is 0. The van der Waals surface area contributed by atoms with Gasteiger partial charge in [-0.1, -0.05) is 53.6 Å². The molecular formula is C21H27ClN2O2. The van der Waals surface area contributed by atoms with Gasteiger partial charge in [-0.25, -0.2) is 4.79 Å². The summed E-state index contributed by atoms with van der Waals surface area (Å²) in [7, 11) is 0. The normalized spacial score (nSPS) is 12.5. The molecule has 0 heterocycles. The van der Waals surface area contributed by atoms with Crippen LogP contribution in [-0.2, 0) is 4.74 Å². The molecule has 0 aromatic heterocycles. The first kappa shape index (κ1) is 20.3. The molecule has 26 heavy (non-hydrogen) atoms. The smallest absolute Gasteiger partial charge is 0.407 e. The Kier molecular flexibility index (Phi) is 7.06. The third kappa shape index (κ3) is 6.70. The molecule has 0 saturated carbocycles. The molecule has 2 rings (SSSR count). The SMILES string of the molecule is Cc1ccc(C(NCCNC(=O)OC(C)(C)C)c2ccc(Cl)cc2)cc1. The third-order valence-electron chi connectivity index (χ3n) is 3.76. The number of halogens is 1. The number of aryl methyl sites for hydroxylation is 1. The van der Waals surface area contributed by atoms with Crippen LogP contribution in [0.1, 0.15) is 43.5 Å². The predicted octanol–water partition coefficient (Wildman–Crippen LogP) is 4.85. The van der Waals surface area contributed by atoms with Crippen LogP contribution in [0.5, 0.6) is 0 Å². The molecule has 5 heteroatoms. The zero-order chi connectivity index (χ0) is 19.2. The van der Waals surface area contributed by atoms with E-state index in [4.69, 9.17) is 16.3 Å². The molecule has 1 unspecified atom stereocenters. The fourth-order valence-corrected chi connectivity index (χ4v) is 2.66. The van der Waals surface area contributed by atoms with Gasteiger partial charge in [0.05, 0.1) is 6.04 Å². The zero-order valence-corrected chi connectivity index (χ0v) is 16.6. The van der Waals surface area contributed by atoms with Gasteiger partial charge in [0.2, 0.25) is 0 Å². The Hall–Kier alpha value is -2.04. The molecular weight excluding hydrogens is 348 g/mol. The van der Waals surface area contributed by atoms with Gasteiger partial charge in [0.1, 0.15) is 5.60 Å². The van der Waals surface area contributed by atoms with Gasteiger partial charge < -0.3 is 15.4 Å². The van der Waals surface area contributed by atoms with Crippen molar-refractivity contribution in [3.63, 3.8) is 0 Å². The van der Waals surface area contributed by atoms with Crippen LogP contribution in [0.2, 0.25) is 5.02 Å². The molecule has 2 aromatic rings. The summed E-state index contributed by atoms with van der Waals surface area (Å²) < 4.78 is 5.25. The number of nitrogens with one attached hydrogen (secondary N) is 2. The molecule has 140 valence electrons. The van der Waals surface area contributed by atoms with Gasteiger partial charge in [-0.05, 0) is 51.0 Å². The summed E-state index contributed by atoms with van der Waals surface area (Å²) in [5.41, 5.74) is 3.01. The second-order valence-corrected chi connectivity index (χ2v) is 7.71. The van der Waals surface area contributed by atoms with Crippen LogP contribution in [0, 0.1) is 6.92 Å². The van der Waals surface area contributed by atoms with Crippen molar-refractivity contribution in [3.05, 3.63) is 70.2 Å². The average molecular weight is 375 g/mol. The lowest BCUT2D eigenvalue weighted by molar-refractivity contribution is 0.0528. The summed E-state index contributed by atoms with van der Waals surface area (Å²) in [6.07, 6.45) is -0.405. The Morgan fingerprint density at radius 1 is 1.00 bits per heavy atom. The minimum atomic E-state index is -0.495. The van der Waals surface area contributed by atoms with E-state index in [2.05, 4.69) is 41.8 Å². The maximum absolute atomic E-state index is 11.7. The second kappa shape index (κ2) is 9.06. The Bertz CT molecular complexity index is 661. The molecule has 0 bridgehead atoms. The number of benzene rings is 2. The van der Waals surface area contributed by atoms with E-state index in [-0.39, 0.29) is 6.04 Å². The first-order valence-corrected chi connectivity index (χ1v) is 9.15. The van der Waals surface area contributed by atoms with Gasteiger partial charge in [0, 0.05) is 18.1 Å². The zero-order valence-electron chi connectivity index (χ0n) is 15.8. The van der Waals surface area contributed by atoms with E-state index in [9.17, 15) is 4.79 Å². The van der Waals surface area contributed by atoms with Crippen LogP contribution in [0.25, 0.3) is 0 Å². The van der Waals surface area contributed by atoms with Gasteiger partial charge in [0.15, 0.2) is 0 Å². The molecule has 0 aliphatic heterocycles. The predicted molar refractivity (Wildman–Crippen MR) is 107 cm³/mol. The summed E-state index contributed by atoms with van der Waals surface area (Å²) in [6.45, 7) is 8.70. The number of hydrogen-bond acceptors (Lipinski definition) is 3. The number of rotatable bonds is 6. The molecule has 0 radical (unpaired) electrons. The lowest BCUT2D eigenvalue weighted by Crippen LogP contribution is -2.37. The van der Waals surface area contributed by atoms with Crippen LogP contribution >= 0.6 is 11.6 Å². The van der Waals surface area contributed by atoms with Crippen LogP contribution in [0.3, 0.4) is 0 Å². The number of carbonyl (C=O) groups excluding carboxylic acids is 1. The third-order valence-corrected chi connectivity index (χ3v) is 4.01. The van der Waals surface area contributed by atoms with E-state index >= 15 is 0 Å². The van der Waals surface area contributed by atoms with E-state index in [1.165, 1.54) is 5.56 Å². The van der Waals surface area contributed by atoms with Crippen molar-refractivity contribution in [2.24, 2.45) is 0 Å². The molecule has 0 spiro atoms. The van der Waals surface area contributed by atoms with Crippen molar-refractivity contribution in [3.8, 4) is 0 Å². The fraction of sp³-hybridized carbons (Fsp3) is 0.381. The average Bonchev–Trinajstić information content (AvgIpc) is 2.56. The van der Waals surface area contributed by atoms with Gasteiger partial charge in [-0.2, -0.15) is 0 Å². The number of amides is 1. The Morgan fingerprint density at radius 3 is 2.08 bits per heavy atom. The second-order valence-electron chi connectivity index (χ2n) is 7.28. The molecule has 0 saturated heterocycles. The molecule has 0 aliphatic carbocycles. The van der Waals surface area contributed by atoms with Crippen molar-refractivity contribution < 1.29 is 9.53 Å². The molecule has 2 aromatic carbocycles. The van der Waals surface area contributed by atoms with E-state index in [0.29, 0.717) is 18.1 Å². The lowest BCUT2D eigenvalue weighted by atomic mass is 9.98. The molecule has 4 nitrogen and oxygen atoms in total. The highest BCUT2D eigenvalue weighted by atomic mass is 35.5. The number of hydrogen-bond donors (Lipinski definition) is 2. The van der Waals surface area contributed by atoms with Crippen LogP contribution in [-0.4, -0.2) is 24.8 Å². The lowest BCUT2D eigenvalue weighted by Gasteiger charge is -2.22. The summed E-state index contributed by atoms with van der Waals surface area (Å²) >= 11 is 6.02. The van der Waals surface area contributed by atoms with Gasteiger partial charge in [0.25, 0.3) is 0 Å². The molecule has 0 fully saturated rings. The maximum atomic E-state index is 11.7. The highest BCUT2D eigenvalue weighted by Crippen LogP contribution is 2.23. The van der Waals surface area contributed by atoms with Crippen LogP contribution < -0.4 is 10.6 Å². The topological polar surface area (TPSA) is 50.4 Å². The van der Waals surface area contributed by atoms with E-state index in [1.807, 2.05) is 45.0 Å². The molecule has 2 N–H and O–H groups in total. The largest absolute Gasteiger partial charge is 0.444 e. The van der Waals surface area contributed by atoms with Crippen molar-refractivity contribution in [1.82, 2.24) is 10.6 Å². The van der Waals surface area contributed by atoms with Crippen molar-refractivity contribution in [2.45, 2.75) is 39.3 Å². The van der Waals surface area contributed by atoms with Gasteiger partial charge >= 0.3 is 6.09 Å². The number of ether oxygens (including phenoxy) is 1. The van der Waals surface area contributed by atoms with Gasteiger partial charge in [-0.3, -0.25) is 0 Å². The highest BCUT2D eigenvalue weighted by Gasteiger charge is 2.16. The minimum absolute atomic E-state index is 0.0216. The molecule has 1 amide bonds. The summed E-state index contributed by atoms with van der Waals surface area (Å²) in [6, 6.07) is 16.2. The summed E-state index contributed by atoms with van der Waals surface area (Å²) in [5, 5.41) is 6.98. The monoisotopic (exact) mass is 374 g/mol. The molecule has 0 aliphatic rings.